The van der Waals surface area contributed by atoms with Crippen LogP contribution in [0.2, 0.25) is 0 Å². The van der Waals surface area contributed by atoms with E-state index in [-0.39, 0.29) is 5.91 Å². The van der Waals surface area contributed by atoms with Crippen LogP contribution < -0.4 is 19.5 Å². The molecule has 0 spiro atoms. The average molecular weight is 315 g/mol. The molecule has 5 nitrogen and oxygen atoms in total. The summed E-state index contributed by atoms with van der Waals surface area (Å²) in [5.41, 5.74) is 0.669. The number of nitrogens with one attached hydrogen (secondary N) is 1. The highest BCUT2D eigenvalue weighted by atomic mass is 16.5. The number of carbonyl (C=O) groups is 1. The Morgan fingerprint density at radius 2 is 1.61 bits per heavy atom. The smallest absolute Gasteiger partial charge is 0.265 e. The molecule has 0 aliphatic heterocycles. The number of ether oxygens (including phenoxy) is 3. The molecule has 1 N–H and O–H groups in total. The van der Waals surface area contributed by atoms with Gasteiger partial charge in [0, 0.05) is 17.8 Å². The van der Waals surface area contributed by atoms with Gasteiger partial charge in [0.15, 0.2) is 6.10 Å². The Balaban J connectivity index is 2.05. The Labute approximate surface area is 136 Å². The zero-order valence-electron chi connectivity index (χ0n) is 13.5. The summed E-state index contributed by atoms with van der Waals surface area (Å²) in [5, 5.41) is 2.84. The van der Waals surface area contributed by atoms with Gasteiger partial charge in [-0.1, -0.05) is 19.1 Å². The molecule has 0 aliphatic carbocycles. The Bertz CT molecular complexity index is 657. The molecule has 0 radical (unpaired) electrons. The van der Waals surface area contributed by atoms with Gasteiger partial charge in [0.05, 0.1) is 14.2 Å². The predicted octanol–water partition coefficient (Wildman–Crippen LogP) is 3.50. The summed E-state index contributed by atoms with van der Waals surface area (Å²) in [7, 11) is 3.17. The first-order chi connectivity index (χ1) is 11.2. The van der Waals surface area contributed by atoms with E-state index in [4.69, 9.17) is 14.2 Å². The van der Waals surface area contributed by atoms with Crippen molar-refractivity contribution in [2.24, 2.45) is 0 Å². The number of benzene rings is 2. The molecule has 0 unspecified atom stereocenters. The molecule has 0 aromatic heterocycles. The summed E-state index contributed by atoms with van der Waals surface area (Å²) in [5.74, 6) is 1.76. The van der Waals surface area contributed by atoms with Crippen LogP contribution >= 0.6 is 0 Å². The third-order valence-electron chi connectivity index (χ3n) is 3.32. The van der Waals surface area contributed by atoms with E-state index in [1.165, 1.54) is 0 Å². The van der Waals surface area contributed by atoms with E-state index in [0.717, 1.165) is 0 Å². The second-order valence-corrected chi connectivity index (χ2v) is 4.91. The number of amides is 1. The van der Waals surface area contributed by atoms with E-state index >= 15 is 0 Å². The summed E-state index contributed by atoms with van der Waals surface area (Å²) in [4.78, 5) is 12.4. The molecule has 0 saturated heterocycles. The van der Waals surface area contributed by atoms with E-state index in [9.17, 15) is 4.79 Å². The molecule has 5 heteroatoms. The van der Waals surface area contributed by atoms with Crippen molar-refractivity contribution in [2.45, 2.75) is 19.4 Å². The van der Waals surface area contributed by atoms with Gasteiger partial charge in [-0.2, -0.15) is 0 Å². The maximum Gasteiger partial charge on any atom is 0.265 e. The Morgan fingerprint density at radius 1 is 1.00 bits per heavy atom. The summed E-state index contributed by atoms with van der Waals surface area (Å²) in [6.07, 6.45) is -0.0409. The van der Waals surface area contributed by atoms with Crippen LogP contribution in [0.3, 0.4) is 0 Å². The zero-order valence-corrected chi connectivity index (χ0v) is 13.5. The topological polar surface area (TPSA) is 56.8 Å². The first kappa shape index (κ1) is 16.7. The third kappa shape index (κ3) is 4.64. The summed E-state index contributed by atoms with van der Waals surface area (Å²) in [6.45, 7) is 1.90. The van der Waals surface area contributed by atoms with Gasteiger partial charge >= 0.3 is 0 Å². The molecular formula is C18H21NO4. The highest BCUT2D eigenvalue weighted by molar-refractivity contribution is 5.94. The van der Waals surface area contributed by atoms with Crippen molar-refractivity contribution < 1.29 is 19.0 Å². The SMILES string of the molecule is CC[C@@H](Oc1cccc(OC)c1)C(=O)Nc1cccc(OC)c1. The standard InChI is InChI=1S/C18H21NO4/c1-4-17(23-16-10-6-9-15(12-16)22-3)18(20)19-13-7-5-8-14(11-13)21-2/h5-12,17H,4H2,1-3H3,(H,19,20)/t17-/m1/s1. The summed E-state index contributed by atoms with van der Waals surface area (Å²) < 4.78 is 16.1. The van der Waals surface area contributed by atoms with Gasteiger partial charge in [0.1, 0.15) is 17.2 Å². The van der Waals surface area contributed by atoms with Crippen LogP contribution in [0.15, 0.2) is 48.5 Å². The first-order valence-corrected chi connectivity index (χ1v) is 7.42. The molecule has 1 atom stereocenters. The largest absolute Gasteiger partial charge is 0.497 e. The van der Waals surface area contributed by atoms with Crippen molar-refractivity contribution in [1.82, 2.24) is 0 Å². The second kappa shape index (κ2) is 8.08. The van der Waals surface area contributed by atoms with Crippen LogP contribution in [0.4, 0.5) is 5.69 Å². The maximum atomic E-state index is 12.4. The Hall–Kier alpha value is -2.69. The van der Waals surface area contributed by atoms with Gasteiger partial charge in [-0.3, -0.25) is 4.79 Å². The summed E-state index contributed by atoms with van der Waals surface area (Å²) >= 11 is 0. The number of methoxy groups -OCH3 is 2. The van der Waals surface area contributed by atoms with Gasteiger partial charge in [0.2, 0.25) is 0 Å². The lowest BCUT2D eigenvalue weighted by Crippen LogP contribution is -2.32. The highest BCUT2D eigenvalue weighted by Gasteiger charge is 2.19. The fourth-order valence-corrected chi connectivity index (χ4v) is 2.08. The van der Waals surface area contributed by atoms with Crippen molar-refractivity contribution in [2.75, 3.05) is 19.5 Å². The van der Waals surface area contributed by atoms with Gasteiger partial charge in [-0.15, -0.1) is 0 Å². The molecule has 0 bridgehead atoms. The van der Waals surface area contributed by atoms with Gasteiger partial charge in [-0.25, -0.2) is 0 Å². The minimum atomic E-state index is -0.590. The van der Waals surface area contributed by atoms with Crippen LogP contribution in [0.25, 0.3) is 0 Å². The quantitative estimate of drug-likeness (QED) is 0.849. The average Bonchev–Trinajstić information content (AvgIpc) is 2.59. The Morgan fingerprint density at radius 3 is 2.26 bits per heavy atom. The lowest BCUT2D eigenvalue weighted by atomic mass is 10.2. The van der Waals surface area contributed by atoms with Crippen LogP contribution in [-0.2, 0) is 4.79 Å². The third-order valence-corrected chi connectivity index (χ3v) is 3.32. The van der Waals surface area contributed by atoms with E-state index in [0.29, 0.717) is 29.4 Å². The van der Waals surface area contributed by atoms with Crippen molar-refractivity contribution in [3.05, 3.63) is 48.5 Å². The number of hydrogen-bond acceptors (Lipinski definition) is 4. The maximum absolute atomic E-state index is 12.4. The zero-order chi connectivity index (χ0) is 16.7. The highest BCUT2D eigenvalue weighted by Crippen LogP contribution is 2.22. The fraction of sp³-hybridized carbons (Fsp3) is 0.278. The van der Waals surface area contributed by atoms with Gasteiger partial charge in [-0.05, 0) is 30.7 Å². The van der Waals surface area contributed by atoms with Crippen LogP contribution in [0.5, 0.6) is 17.2 Å². The molecule has 2 aromatic rings. The molecule has 0 fully saturated rings. The normalized spacial score (nSPS) is 11.4. The molecular weight excluding hydrogens is 294 g/mol. The molecule has 0 heterocycles. The van der Waals surface area contributed by atoms with Crippen molar-refractivity contribution in [3.8, 4) is 17.2 Å². The first-order valence-electron chi connectivity index (χ1n) is 7.42. The molecule has 0 saturated carbocycles. The van der Waals surface area contributed by atoms with Gasteiger partial charge in [0.25, 0.3) is 5.91 Å². The number of anilines is 1. The van der Waals surface area contributed by atoms with Crippen molar-refractivity contribution in [1.29, 1.82) is 0 Å². The summed E-state index contributed by atoms with van der Waals surface area (Å²) in [6, 6.07) is 14.4. The van der Waals surface area contributed by atoms with Crippen LogP contribution in [0.1, 0.15) is 13.3 Å². The van der Waals surface area contributed by atoms with Crippen molar-refractivity contribution in [3.63, 3.8) is 0 Å². The number of carbonyl (C=O) groups excluding carboxylic acids is 1. The van der Waals surface area contributed by atoms with E-state index in [1.807, 2.05) is 31.2 Å². The number of rotatable bonds is 7. The van der Waals surface area contributed by atoms with Crippen molar-refractivity contribution >= 4 is 11.6 Å². The minimum absolute atomic E-state index is 0.205. The molecule has 1 amide bonds. The molecule has 2 aromatic carbocycles. The van der Waals surface area contributed by atoms with Crippen LogP contribution in [-0.4, -0.2) is 26.2 Å². The monoisotopic (exact) mass is 315 g/mol. The van der Waals surface area contributed by atoms with Gasteiger partial charge < -0.3 is 19.5 Å². The second-order valence-electron chi connectivity index (χ2n) is 4.91. The predicted molar refractivity (Wildman–Crippen MR) is 89.3 cm³/mol. The lowest BCUT2D eigenvalue weighted by molar-refractivity contribution is -0.122. The van der Waals surface area contributed by atoms with E-state index in [2.05, 4.69) is 5.32 Å². The molecule has 122 valence electrons. The van der Waals surface area contributed by atoms with Crippen LogP contribution in [0, 0.1) is 0 Å². The van der Waals surface area contributed by atoms with E-state index in [1.54, 1.807) is 38.5 Å². The molecule has 2 rings (SSSR count). The number of hydrogen-bond donors (Lipinski definition) is 1. The lowest BCUT2D eigenvalue weighted by Gasteiger charge is -2.18. The minimum Gasteiger partial charge on any atom is -0.497 e. The van der Waals surface area contributed by atoms with E-state index < -0.39 is 6.10 Å². The Kier molecular flexibility index (Phi) is 5.86. The molecule has 0 aliphatic rings. The fourth-order valence-electron chi connectivity index (χ4n) is 2.08. The molecule has 23 heavy (non-hydrogen) atoms.